The number of nitrogens with zero attached hydrogens (tertiary/aromatic N) is 4. The van der Waals surface area contributed by atoms with E-state index in [0.717, 1.165) is 30.0 Å². The van der Waals surface area contributed by atoms with E-state index in [0.29, 0.717) is 44.6 Å². The number of methoxy groups -OCH3 is 1. The van der Waals surface area contributed by atoms with Crippen molar-refractivity contribution in [2.45, 2.75) is 77.1 Å². The highest BCUT2D eigenvalue weighted by Crippen LogP contribution is 2.36. The van der Waals surface area contributed by atoms with Crippen molar-refractivity contribution < 1.29 is 23.8 Å². The summed E-state index contributed by atoms with van der Waals surface area (Å²) in [6.45, 7) is 9.45. The third kappa shape index (κ3) is 6.75. The van der Waals surface area contributed by atoms with Crippen LogP contribution in [0.25, 0.3) is 11.4 Å². The molecular formula is C26H37N5O5. The Bertz CT molecular complexity index is 1060. The zero-order valence-electron chi connectivity index (χ0n) is 21.8. The van der Waals surface area contributed by atoms with Crippen LogP contribution < -0.4 is 10.1 Å². The lowest BCUT2D eigenvalue weighted by Crippen LogP contribution is -2.40. The van der Waals surface area contributed by atoms with E-state index in [2.05, 4.69) is 5.32 Å². The summed E-state index contributed by atoms with van der Waals surface area (Å²) in [4.78, 5) is 31.8. The molecule has 0 spiro atoms. The number of benzene rings is 1. The molecule has 36 heavy (non-hydrogen) atoms. The van der Waals surface area contributed by atoms with Crippen LogP contribution in [-0.2, 0) is 20.8 Å². The third-order valence-corrected chi connectivity index (χ3v) is 6.09. The van der Waals surface area contributed by atoms with Gasteiger partial charge in [-0.1, -0.05) is 0 Å². The SMILES string of the molecule is COCCOc1ccc(-c2nc(C3CC(=O)N(C4CC4)C3)n(CC(C)NC(=O)OC(C)(C)C)n2)cc1. The van der Waals surface area contributed by atoms with Crippen LogP contribution in [0.2, 0.25) is 0 Å². The van der Waals surface area contributed by atoms with Crippen molar-refractivity contribution in [1.29, 1.82) is 0 Å². The van der Waals surface area contributed by atoms with Gasteiger partial charge in [0.2, 0.25) is 5.91 Å². The highest BCUT2D eigenvalue weighted by atomic mass is 16.6. The van der Waals surface area contributed by atoms with Gasteiger partial charge in [0.1, 0.15) is 23.8 Å². The highest BCUT2D eigenvalue weighted by molar-refractivity contribution is 5.80. The van der Waals surface area contributed by atoms with Crippen LogP contribution in [0.3, 0.4) is 0 Å². The number of rotatable bonds is 10. The maximum absolute atomic E-state index is 12.6. The first kappa shape index (κ1) is 25.9. The molecule has 2 amide bonds. The van der Waals surface area contributed by atoms with Gasteiger partial charge in [-0.2, -0.15) is 5.10 Å². The summed E-state index contributed by atoms with van der Waals surface area (Å²) >= 11 is 0. The molecule has 1 aliphatic heterocycles. The smallest absolute Gasteiger partial charge is 0.407 e. The fourth-order valence-electron chi connectivity index (χ4n) is 4.31. The van der Waals surface area contributed by atoms with Crippen LogP contribution in [0.15, 0.2) is 24.3 Å². The molecule has 2 fully saturated rings. The van der Waals surface area contributed by atoms with Crippen LogP contribution in [0.1, 0.15) is 58.7 Å². The number of hydrogen-bond donors (Lipinski definition) is 1. The van der Waals surface area contributed by atoms with E-state index in [-0.39, 0.29) is 17.9 Å². The van der Waals surface area contributed by atoms with Gasteiger partial charge in [-0.05, 0) is 64.8 Å². The predicted octanol–water partition coefficient (Wildman–Crippen LogP) is 3.36. The van der Waals surface area contributed by atoms with Crippen molar-refractivity contribution in [3.05, 3.63) is 30.1 Å². The molecule has 0 radical (unpaired) electrons. The van der Waals surface area contributed by atoms with Crippen molar-refractivity contribution in [3.8, 4) is 17.1 Å². The first-order valence-corrected chi connectivity index (χ1v) is 12.6. The Kier molecular flexibility index (Phi) is 7.82. The Morgan fingerprint density at radius 1 is 1.19 bits per heavy atom. The van der Waals surface area contributed by atoms with Crippen LogP contribution >= 0.6 is 0 Å². The molecule has 10 heteroatoms. The summed E-state index contributed by atoms with van der Waals surface area (Å²) < 4.78 is 17.9. The van der Waals surface area contributed by atoms with Crippen molar-refractivity contribution in [1.82, 2.24) is 25.0 Å². The lowest BCUT2D eigenvalue weighted by Gasteiger charge is -2.22. The van der Waals surface area contributed by atoms with Crippen molar-refractivity contribution >= 4 is 12.0 Å². The lowest BCUT2D eigenvalue weighted by atomic mass is 10.1. The van der Waals surface area contributed by atoms with Gasteiger partial charge in [0, 0.05) is 43.6 Å². The van der Waals surface area contributed by atoms with E-state index < -0.39 is 11.7 Å². The summed E-state index contributed by atoms with van der Waals surface area (Å²) in [7, 11) is 1.64. The summed E-state index contributed by atoms with van der Waals surface area (Å²) in [5, 5.41) is 7.66. The Balaban J connectivity index is 1.52. The molecule has 10 nitrogen and oxygen atoms in total. The Morgan fingerprint density at radius 3 is 2.56 bits per heavy atom. The molecule has 196 valence electrons. The minimum absolute atomic E-state index is 0.0373. The largest absolute Gasteiger partial charge is 0.491 e. The number of carbonyl (C=O) groups is 2. The van der Waals surface area contributed by atoms with Crippen LogP contribution in [0, 0.1) is 0 Å². The molecule has 2 aliphatic rings. The summed E-state index contributed by atoms with van der Waals surface area (Å²) in [6.07, 6.45) is 2.10. The minimum atomic E-state index is -0.578. The topological polar surface area (TPSA) is 108 Å². The molecule has 2 unspecified atom stereocenters. The van der Waals surface area contributed by atoms with Gasteiger partial charge >= 0.3 is 6.09 Å². The standard InChI is InChI=1S/C26H37N5O5/c1-17(27-25(33)36-26(2,3)4)15-31-24(19-14-22(32)30(16-19)20-8-9-20)28-23(29-31)18-6-10-21(11-7-18)35-13-12-34-5/h6-7,10-11,17,19-20H,8-9,12-16H2,1-5H3,(H,27,33). The van der Waals surface area contributed by atoms with Crippen LogP contribution in [0.4, 0.5) is 4.79 Å². The van der Waals surface area contributed by atoms with Crippen molar-refractivity contribution in [2.75, 3.05) is 26.9 Å². The van der Waals surface area contributed by atoms with Crippen LogP contribution in [0.5, 0.6) is 5.75 Å². The first-order valence-electron chi connectivity index (χ1n) is 12.6. The second kappa shape index (κ2) is 10.9. The number of amides is 2. The maximum atomic E-state index is 12.6. The van der Waals surface area contributed by atoms with E-state index in [4.69, 9.17) is 24.3 Å². The van der Waals surface area contributed by atoms with Gasteiger partial charge < -0.3 is 24.4 Å². The molecule has 2 aromatic rings. The van der Waals surface area contributed by atoms with Crippen LogP contribution in [-0.4, -0.2) is 76.2 Å². The van der Waals surface area contributed by atoms with Crippen molar-refractivity contribution in [2.24, 2.45) is 0 Å². The molecule has 1 aromatic heterocycles. The maximum Gasteiger partial charge on any atom is 0.407 e. The number of aromatic nitrogens is 3. The van der Waals surface area contributed by atoms with E-state index in [9.17, 15) is 9.59 Å². The molecule has 4 rings (SSSR count). The second-order valence-electron chi connectivity index (χ2n) is 10.6. The molecule has 0 bridgehead atoms. The average Bonchev–Trinajstić information content (AvgIpc) is 3.44. The number of carbonyl (C=O) groups excluding carboxylic acids is 2. The normalized spacial score (nSPS) is 18.9. The third-order valence-electron chi connectivity index (χ3n) is 6.09. The number of hydrogen-bond acceptors (Lipinski definition) is 7. The molecule has 2 heterocycles. The molecule has 1 aromatic carbocycles. The molecule has 1 saturated carbocycles. The monoisotopic (exact) mass is 499 g/mol. The van der Waals surface area contributed by atoms with E-state index in [1.54, 1.807) is 7.11 Å². The summed E-state index contributed by atoms with van der Waals surface area (Å²) in [6, 6.07) is 7.73. The Morgan fingerprint density at radius 2 is 1.92 bits per heavy atom. The van der Waals surface area contributed by atoms with E-state index >= 15 is 0 Å². The number of alkyl carbamates (subject to hydrolysis) is 1. The molecule has 1 saturated heterocycles. The van der Waals surface area contributed by atoms with Gasteiger partial charge in [-0.25, -0.2) is 14.5 Å². The fourth-order valence-corrected chi connectivity index (χ4v) is 4.31. The highest BCUT2D eigenvalue weighted by Gasteiger charge is 2.41. The Hall–Kier alpha value is -3.14. The quantitative estimate of drug-likeness (QED) is 0.500. The van der Waals surface area contributed by atoms with Crippen molar-refractivity contribution in [3.63, 3.8) is 0 Å². The molecule has 1 N–H and O–H groups in total. The van der Waals surface area contributed by atoms with E-state index in [1.165, 1.54) is 0 Å². The molecular weight excluding hydrogens is 462 g/mol. The molecule has 1 aliphatic carbocycles. The average molecular weight is 500 g/mol. The fraction of sp³-hybridized carbons (Fsp3) is 0.615. The van der Waals surface area contributed by atoms with Gasteiger partial charge in [-0.3, -0.25) is 4.79 Å². The predicted molar refractivity (Wildman–Crippen MR) is 134 cm³/mol. The van der Waals surface area contributed by atoms with Gasteiger partial charge in [-0.15, -0.1) is 0 Å². The first-order chi connectivity index (χ1) is 17.1. The number of ether oxygens (including phenoxy) is 3. The van der Waals surface area contributed by atoms with Gasteiger partial charge in [0.25, 0.3) is 0 Å². The number of nitrogens with one attached hydrogen (secondary N) is 1. The zero-order chi connectivity index (χ0) is 25.9. The molecule has 2 atom stereocenters. The minimum Gasteiger partial charge on any atom is -0.491 e. The van der Waals surface area contributed by atoms with E-state index in [1.807, 2.05) is 61.5 Å². The Labute approximate surface area is 212 Å². The summed E-state index contributed by atoms with van der Waals surface area (Å²) in [5.41, 5.74) is 0.274. The second-order valence-corrected chi connectivity index (χ2v) is 10.6. The summed E-state index contributed by atoms with van der Waals surface area (Å²) in [5.74, 6) is 2.22. The van der Waals surface area contributed by atoms with Gasteiger partial charge in [0.15, 0.2) is 5.82 Å². The van der Waals surface area contributed by atoms with Gasteiger partial charge in [0.05, 0.1) is 13.2 Å². The zero-order valence-corrected chi connectivity index (χ0v) is 21.8. The lowest BCUT2D eigenvalue weighted by molar-refractivity contribution is -0.128. The number of likely N-dealkylation sites (tertiary alicyclic amines) is 1.